The van der Waals surface area contributed by atoms with Crippen LogP contribution in [0.1, 0.15) is 185 Å². The molecule has 6 aromatic rings. The highest BCUT2D eigenvalue weighted by atomic mass is 16.5. The molecule has 1 aromatic heterocycles. The Kier molecular flexibility index (Phi) is 63.9. The molecular weight excluding hydrogens is 1180 g/mol. The van der Waals surface area contributed by atoms with Crippen LogP contribution in [0.5, 0.6) is 0 Å². The molecule has 0 spiro atoms. The molecule has 5 aromatic carbocycles. The summed E-state index contributed by atoms with van der Waals surface area (Å²) in [5.74, 6) is 1.93. The van der Waals surface area contributed by atoms with Crippen molar-refractivity contribution in [3.63, 3.8) is 0 Å². The third-order valence-electron chi connectivity index (χ3n) is 14.3. The number of aryl methyl sites for hydroxylation is 3. The number of hydrogen-bond acceptors (Lipinski definition) is 18. The van der Waals surface area contributed by atoms with E-state index in [1.165, 1.54) is 98.4 Å². The van der Waals surface area contributed by atoms with Gasteiger partial charge in [-0.15, -0.1) is 0 Å². The van der Waals surface area contributed by atoms with Crippen molar-refractivity contribution >= 4 is 35.0 Å². The maximum absolute atomic E-state index is 10.5. The molecule has 18 nitrogen and oxygen atoms in total. The summed E-state index contributed by atoms with van der Waals surface area (Å²) in [6, 6.07) is 48.4. The second-order valence-electron chi connectivity index (χ2n) is 22.1. The summed E-state index contributed by atoms with van der Waals surface area (Å²) in [5, 5.41) is 0. The van der Waals surface area contributed by atoms with Gasteiger partial charge in [0, 0.05) is 42.1 Å². The molecule has 18 heteroatoms. The Labute approximate surface area is 567 Å². The first-order chi connectivity index (χ1) is 45.3. The van der Waals surface area contributed by atoms with Crippen LogP contribution in [0.2, 0.25) is 0 Å². The van der Waals surface area contributed by atoms with Crippen LogP contribution in [-0.2, 0) is 60.8 Å². The fourth-order valence-electron chi connectivity index (χ4n) is 8.84. The van der Waals surface area contributed by atoms with Gasteiger partial charge in [-0.3, -0.25) is 14.4 Å². The number of anilines is 3. The predicted octanol–water partition coefficient (Wildman–Crippen LogP) is 12.7. The minimum absolute atomic E-state index is 0.0200. The van der Waals surface area contributed by atoms with Crippen LogP contribution in [0.4, 0.5) is 17.1 Å². The van der Waals surface area contributed by atoms with E-state index in [2.05, 4.69) is 78.3 Å². The first-order valence-corrected chi connectivity index (χ1v) is 34.1. The lowest BCUT2D eigenvalue weighted by Crippen LogP contribution is -2.27. The number of furan rings is 1. The fourth-order valence-corrected chi connectivity index (χ4v) is 8.84. The summed E-state index contributed by atoms with van der Waals surface area (Å²) >= 11 is 0. The predicted molar refractivity (Wildman–Crippen MR) is 397 cm³/mol. The second kappa shape index (κ2) is 65.9. The van der Waals surface area contributed by atoms with Gasteiger partial charge < -0.3 is 81.7 Å². The number of para-hydroxylation sites is 1. The first kappa shape index (κ1) is 91.1. The molecule has 0 saturated heterocycles. The molecule has 0 amide bonds. The van der Waals surface area contributed by atoms with E-state index < -0.39 is 0 Å². The number of nitrogens with two attached hydrogens (primary N) is 11. The van der Waals surface area contributed by atoms with E-state index in [4.69, 9.17) is 67.5 Å². The van der Waals surface area contributed by atoms with E-state index in [-0.39, 0.29) is 30.5 Å². The van der Waals surface area contributed by atoms with Gasteiger partial charge in [-0.1, -0.05) is 175 Å². The zero-order valence-corrected chi connectivity index (χ0v) is 59.0. The summed E-state index contributed by atoms with van der Waals surface area (Å²) in [5.41, 5.74) is 68.1. The summed E-state index contributed by atoms with van der Waals surface area (Å²) in [4.78, 5) is 30.9. The highest BCUT2D eigenvalue weighted by Crippen LogP contribution is 2.26. The Morgan fingerprint density at radius 2 is 1.01 bits per heavy atom. The molecule has 2 unspecified atom stereocenters. The van der Waals surface area contributed by atoms with Crippen LogP contribution in [0.15, 0.2) is 156 Å². The van der Waals surface area contributed by atoms with E-state index >= 15 is 0 Å². The average molecular weight is 1310 g/mol. The van der Waals surface area contributed by atoms with E-state index in [0.29, 0.717) is 58.3 Å². The fraction of sp³-hybridized carbons (Fsp3) is 0.513. The molecule has 2 atom stereocenters. The van der Waals surface area contributed by atoms with Gasteiger partial charge in [0.2, 0.25) is 0 Å². The molecule has 2 fully saturated rings. The summed E-state index contributed by atoms with van der Waals surface area (Å²) in [6.45, 7) is 20.1. The minimum atomic E-state index is -0.345. The maximum atomic E-state index is 10.5. The van der Waals surface area contributed by atoms with Crippen molar-refractivity contribution in [2.45, 2.75) is 190 Å². The van der Waals surface area contributed by atoms with E-state index in [9.17, 15) is 14.4 Å². The number of hydrogen-bond donors (Lipinski definition) is 11. The smallest absolute Gasteiger partial charge is 0.319 e. The largest absolute Gasteiger partial charge is 0.468 e. The second-order valence-corrected chi connectivity index (χ2v) is 22.1. The van der Waals surface area contributed by atoms with Gasteiger partial charge in [-0.05, 0) is 188 Å². The van der Waals surface area contributed by atoms with E-state index in [0.717, 1.165) is 79.9 Å². The Morgan fingerprint density at radius 1 is 0.489 bits per heavy atom. The molecule has 0 bridgehead atoms. The van der Waals surface area contributed by atoms with Gasteiger partial charge in [0.05, 0.1) is 45.6 Å². The monoisotopic (exact) mass is 1310 g/mol. The van der Waals surface area contributed by atoms with Crippen molar-refractivity contribution in [1.29, 1.82) is 0 Å². The molecule has 8 rings (SSSR count). The molecule has 2 aliphatic rings. The topological polar surface area (TPSA) is 378 Å². The Morgan fingerprint density at radius 3 is 1.38 bits per heavy atom. The molecule has 1 heterocycles. The van der Waals surface area contributed by atoms with Gasteiger partial charge in [-0.2, -0.15) is 0 Å². The van der Waals surface area contributed by atoms with Crippen LogP contribution < -0.4 is 63.1 Å². The summed E-state index contributed by atoms with van der Waals surface area (Å²) < 4.78 is 18.5. The third-order valence-corrected chi connectivity index (χ3v) is 14.3. The zero-order chi connectivity index (χ0) is 70.8. The van der Waals surface area contributed by atoms with Gasteiger partial charge in [0.1, 0.15) is 5.76 Å². The van der Waals surface area contributed by atoms with E-state index in [1.54, 1.807) is 27.0 Å². The standard InChI is InChI=1S/C8H17N.4C8H11N.C8H17N.C8H11N.C6H13NO2.C5H11NO2.C5H7NO.C4H9NO2/c2*1-7(9)8-5-3-2-4-6-8;1-2-7-3-5-8(9)6-4-7;1-2-7-4-3-5-8(9)6-7;1-2-7-5-3-4-6-8(7)9;2*9-7-6-8-4-2-1-3-5-8;1-2-9-6(8)4-3-5-7;1-2-8-5(7)3-4-6;6-4-5-2-1-3-7-5;1-2-7-4(6)3-5/h7-8H,2-6,9H2,1H3;2-7H,9H2,1H3;3*3-6H,2,9H2,1H3;8H,1-7,9H2;1-5H,6-7,9H2;2-5,7H2,1H3;2-4,6H2,1H3;1-3H,4,6H2;2-3,5H2,1H3. The summed E-state index contributed by atoms with van der Waals surface area (Å²) in [6.07, 6.45) is 22.8. The van der Waals surface area contributed by atoms with Gasteiger partial charge in [0.25, 0.3) is 0 Å². The van der Waals surface area contributed by atoms with Gasteiger partial charge >= 0.3 is 17.9 Å². The van der Waals surface area contributed by atoms with Crippen LogP contribution in [-0.4, -0.2) is 76.5 Å². The van der Waals surface area contributed by atoms with Crippen LogP contribution in [0.25, 0.3) is 0 Å². The van der Waals surface area contributed by atoms with Crippen molar-refractivity contribution in [2.75, 3.05) is 69.7 Å². The van der Waals surface area contributed by atoms with Crippen LogP contribution in [0, 0.1) is 11.8 Å². The molecule has 0 aliphatic heterocycles. The van der Waals surface area contributed by atoms with Crippen molar-refractivity contribution in [3.05, 3.63) is 185 Å². The minimum Gasteiger partial charge on any atom is -0.468 e. The first-order valence-electron chi connectivity index (χ1n) is 34.1. The lowest BCUT2D eigenvalue weighted by atomic mass is 9.85. The number of ether oxygens (including phenoxy) is 3. The Balaban J connectivity index is -0.000000970. The van der Waals surface area contributed by atoms with Crippen LogP contribution in [0.3, 0.4) is 0 Å². The van der Waals surface area contributed by atoms with Crippen LogP contribution >= 0.6 is 0 Å². The molecule has 94 heavy (non-hydrogen) atoms. The molecule has 530 valence electrons. The normalized spacial score (nSPS) is 12.4. The Hall–Kier alpha value is -7.13. The van der Waals surface area contributed by atoms with Gasteiger partial charge in [-0.25, -0.2) is 0 Å². The average Bonchev–Trinajstić information content (AvgIpc) is 3.04. The van der Waals surface area contributed by atoms with Crippen molar-refractivity contribution in [3.8, 4) is 0 Å². The number of nitrogen functional groups attached to an aromatic ring is 3. The highest BCUT2D eigenvalue weighted by Gasteiger charge is 2.16. The molecular formula is C76H129N11O7. The maximum Gasteiger partial charge on any atom is 0.319 e. The highest BCUT2D eigenvalue weighted by molar-refractivity contribution is 5.71. The SMILES string of the molecule is CC(N)C1CCCCC1.CC(N)c1ccccc1.CCOC(=O)CCCN.CCOC(=O)CCN.CCOC(=O)CN.CCc1ccc(N)cc1.CCc1cccc(N)c1.CCc1ccccc1N.NCCC1CCCCC1.NCCc1ccccc1.NCc1ccco1. The molecule has 2 aliphatic carbocycles. The lowest BCUT2D eigenvalue weighted by molar-refractivity contribution is -0.143. The molecule has 0 radical (unpaired) electrons. The van der Waals surface area contributed by atoms with Crippen molar-refractivity contribution < 1.29 is 33.0 Å². The van der Waals surface area contributed by atoms with Crippen molar-refractivity contribution in [2.24, 2.45) is 57.7 Å². The third kappa shape index (κ3) is 56.4. The van der Waals surface area contributed by atoms with E-state index in [1.807, 2.05) is 116 Å². The van der Waals surface area contributed by atoms with Crippen molar-refractivity contribution in [1.82, 2.24) is 0 Å². The number of esters is 3. The number of carbonyl (C=O) groups excluding carboxylic acids is 3. The van der Waals surface area contributed by atoms with Gasteiger partial charge in [0.15, 0.2) is 0 Å². The lowest BCUT2D eigenvalue weighted by Gasteiger charge is -2.24. The number of carbonyl (C=O) groups is 3. The quantitative estimate of drug-likeness (QED) is 0.0204. The molecule has 22 N–H and O–H groups in total. The summed E-state index contributed by atoms with van der Waals surface area (Å²) in [7, 11) is 0. The number of rotatable bonds is 19. The zero-order valence-electron chi connectivity index (χ0n) is 59.0. The number of benzene rings is 5. The molecule has 2 saturated carbocycles. The Bertz CT molecular complexity index is 2570.